The fourth-order valence-electron chi connectivity index (χ4n) is 2.70. The Morgan fingerprint density at radius 1 is 1.30 bits per heavy atom. The van der Waals surface area contributed by atoms with Gasteiger partial charge in [0.15, 0.2) is 11.6 Å². The van der Waals surface area contributed by atoms with E-state index in [4.69, 9.17) is 4.74 Å². The maximum atomic E-state index is 14.1. The van der Waals surface area contributed by atoms with Crippen molar-refractivity contribution in [3.05, 3.63) is 76.7 Å². The van der Waals surface area contributed by atoms with Gasteiger partial charge in [-0.25, -0.2) is 18.4 Å². The maximum Gasteiger partial charge on any atom is 0.269 e. The fourth-order valence-corrected chi connectivity index (χ4v) is 2.70. The molecular formula is C21H18F2N4O3. The monoisotopic (exact) mass is 412 g/mol. The number of aromatic nitrogens is 3. The van der Waals surface area contributed by atoms with Gasteiger partial charge in [0, 0.05) is 18.7 Å². The van der Waals surface area contributed by atoms with Gasteiger partial charge in [-0.2, -0.15) is 5.10 Å². The third kappa shape index (κ3) is 4.40. The molecular weight excluding hydrogens is 394 g/mol. The number of ether oxygens (including phenoxy) is 1. The van der Waals surface area contributed by atoms with E-state index in [-0.39, 0.29) is 17.2 Å². The summed E-state index contributed by atoms with van der Waals surface area (Å²) in [7, 11) is 1.50. The van der Waals surface area contributed by atoms with E-state index in [1.54, 1.807) is 6.07 Å². The Balaban J connectivity index is 2.15. The average molecular weight is 412 g/mol. The fraction of sp³-hybridized carbons (Fsp3) is 0.143. The van der Waals surface area contributed by atoms with Crippen LogP contribution in [0.1, 0.15) is 12.5 Å². The zero-order valence-corrected chi connectivity index (χ0v) is 16.3. The van der Waals surface area contributed by atoms with Crippen molar-refractivity contribution in [2.24, 2.45) is 7.05 Å². The topological polar surface area (TPSA) is 86.1 Å². The molecule has 0 aliphatic heterocycles. The van der Waals surface area contributed by atoms with Gasteiger partial charge in [-0.3, -0.25) is 9.59 Å². The normalized spacial score (nSPS) is 10.5. The Hall–Kier alpha value is -3.88. The van der Waals surface area contributed by atoms with Crippen LogP contribution in [0.3, 0.4) is 0 Å². The minimum atomic E-state index is -0.908. The minimum Gasteiger partial charge on any atom is -0.435 e. The van der Waals surface area contributed by atoms with E-state index in [1.807, 2.05) is 6.92 Å². The van der Waals surface area contributed by atoms with Crippen molar-refractivity contribution in [2.45, 2.75) is 13.3 Å². The van der Waals surface area contributed by atoms with Crippen molar-refractivity contribution in [1.82, 2.24) is 14.8 Å². The molecule has 0 aliphatic rings. The molecule has 1 aromatic carbocycles. The molecule has 0 aliphatic carbocycles. The molecule has 0 unspecified atom stereocenters. The molecule has 0 spiro atoms. The maximum absolute atomic E-state index is 14.1. The van der Waals surface area contributed by atoms with Crippen LogP contribution in [0.15, 0.2) is 54.0 Å². The van der Waals surface area contributed by atoms with Crippen molar-refractivity contribution < 1.29 is 18.3 Å². The predicted molar refractivity (Wildman–Crippen MR) is 107 cm³/mol. The Labute approximate surface area is 170 Å². The number of nitrogens with one attached hydrogen (secondary N) is 1. The largest absolute Gasteiger partial charge is 0.435 e. The first-order chi connectivity index (χ1) is 14.3. The third-order valence-corrected chi connectivity index (χ3v) is 4.20. The highest BCUT2D eigenvalue weighted by atomic mass is 19.1. The Morgan fingerprint density at radius 3 is 2.73 bits per heavy atom. The number of carbonyl (C=O) groups excluding carboxylic acids is 1. The van der Waals surface area contributed by atoms with Crippen LogP contribution in [0.4, 0.5) is 14.5 Å². The number of aryl methyl sites for hydroxylation is 2. The van der Waals surface area contributed by atoms with Crippen LogP contribution in [0.25, 0.3) is 11.3 Å². The summed E-state index contributed by atoms with van der Waals surface area (Å²) < 4.78 is 34.0. The molecule has 0 saturated heterocycles. The van der Waals surface area contributed by atoms with Crippen LogP contribution < -0.4 is 15.6 Å². The number of nitrogens with zero attached hydrogens (tertiary/aromatic N) is 3. The van der Waals surface area contributed by atoms with Crippen molar-refractivity contribution in [3.63, 3.8) is 0 Å². The smallest absolute Gasteiger partial charge is 0.269 e. The van der Waals surface area contributed by atoms with Gasteiger partial charge < -0.3 is 10.1 Å². The number of pyridine rings is 1. The van der Waals surface area contributed by atoms with E-state index >= 15 is 0 Å². The van der Waals surface area contributed by atoms with Crippen molar-refractivity contribution in [2.75, 3.05) is 5.32 Å². The molecule has 2 aromatic heterocycles. The van der Waals surface area contributed by atoms with Crippen LogP contribution in [-0.2, 0) is 18.3 Å². The highest BCUT2D eigenvalue weighted by Crippen LogP contribution is 2.33. The molecule has 0 bridgehead atoms. The van der Waals surface area contributed by atoms with Gasteiger partial charge >= 0.3 is 0 Å². The average Bonchev–Trinajstić information content (AvgIpc) is 2.72. The lowest BCUT2D eigenvalue weighted by Crippen LogP contribution is -2.23. The molecule has 154 valence electrons. The summed E-state index contributed by atoms with van der Waals surface area (Å²) in [5.74, 6) is -2.39. The second-order valence-corrected chi connectivity index (χ2v) is 6.28. The number of amides is 1. The van der Waals surface area contributed by atoms with E-state index in [0.29, 0.717) is 35.0 Å². The standard InChI is InChI=1S/C21H18F2N4O3/c1-4-12-8-17(26-27(3)21(12)29)15-10-14(25-19(28)5-2)11-24-20(15)30-18-7-6-13(22)9-16(18)23/h5-11H,2,4H2,1,3H3,(H,25,28). The zero-order chi connectivity index (χ0) is 21.8. The van der Waals surface area contributed by atoms with Crippen molar-refractivity contribution >= 4 is 11.6 Å². The number of benzene rings is 1. The number of hydrogen-bond acceptors (Lipinski definition) is 5. The summed E-state index contributed by atoms with van der Waals surface area (Å²) in [6.07, 6.45) is 2.87. The zero-order valence-electron chi connectivity index (χ0n) is 16.3. The van der Waals surface area contributed by atoms with Gasteiger partial charge in [0.1, 0.15) is 5.82 Å². The van der Waals surface area contributed by atoms with Gasteiger partial charge in [0.05, 0.1) is 23.1 Å². The highest BCUT2D eigenvalue weighted by Gasteiger charge is 2.17. The molecule has 0 atom stereocenters. The second-order valence-electron chi connectivity index (χ2n) is 6.28. The first-order valence-corrected chi connectivity index (χ1v) is 8.96. The minimum absolute atomic E-state index is 0.0367. The van der Waals surface area contributed by atoms with Crippen LogP contribution in [0, 0.1) is 11.6 Å². The number of hydrogen-bond donors (Lipinski definition) is 1. The molecule has 30 heavy (non-hydrogen) atoms. The third-order valence-electron chi connectivity index (χ3n) is 4.20. The summed E-state index contributed by atoms with van der Waals surface area (Å²) in [4.78, 5) is 28.0. The summed E-state index contributed by atoms with van der Waals surface area (Å²) in [5, 5.41) is 6.80. The lowest BCUT2D eigenvalue weighted by molar-refractivity contribution is -0.111. The first kappa shape index (κ1) is 20.8. The number of halogens is 2. The quantitative estimate of drug-likeness (QED) is 0.626. The molecule has 0 radical (unpaired) electrons. The molecule has 1 amide bonds. The van der Waals surface area contributed by atoms with Crippen molar-refractivity contribution in [3.8, 4) is 22.9 Å². The highest BCUT2D eigenvalue weighted by molar-refractivity contribution is 5.99. The summed E-state index contributed by atoms with van der Waals surface area (Å²) in [6.45, 7) is 5.22. The lowest BCUT2D eigenvalue weighted by atomic mass is 10.1. The van der Waals surface area contributed by atoms with E-state index in [1.165, 1.54) is 24.0 Å². The summed E-state index contributed by atoms with van der Waals surface area (Å²) in [6, 6.07) is 5.97. The molecule has 2 heterocycles. The SMILES string of the molecule is C=CC(=O)Nc1cnc(Oc2ccc(F)cc2F)c(-c2cc(CC)c(=O)n(C)n2)c1. The Morgan fingerprint density at radius 2 is 2.07 bits per heavy atom. The van der Waals surface area contributed by atoms with Crippen molar-refractivity contribution in [1.29, 1.82) is 0 Å². The van der Waals surface area contributed by atoms with E-state index < -0.39 is 17.5 Å². The van der Waals surface area contributed by atoms with Gasteiger partial charge in [0.2, 0.25) is 11.8 Å². The van der Waals surface area contributed by atoms with Gasteiger partial charge in [-0.05, 0) is 36.8 Å². The van der Waals surface area contributed by atoms with Crippen LogP contribution in [-0.4, -0.2) is 20.7 Å². The number of anilines is 1. The van der Waals surface area contributed by atoms with E-state index in [2.05, 4.69) is 22.0 Å². The second kappa shape index (κ2) is 8.64. The summed E-state index contributed by atoms with van der Waals surface area (Å²) >= 11 is 0. The summed E-state index contributed by atoms with van der Waals surface area (Å²) in [5.41, 5.74) is 1.19. The molecule has 3 aromatic rings. The van der Waals surface area contributed by atoms with Crippen LogP contribution in [0.2, 0.25) is 0 Å². The molecule has 9 heteroatoms. The molecule has 7 nitrogen and oxygen atoms in total. The van der Waals surface area contributed by atoms with E-state index in [0.717, 1.165) is 18.2 Å². The Kier molecular flexibility index (Phi) is 6.01. The molecule has 0 fully saturated rings. The Bertz CT molecular complexity index is 1190. The van der Waals surface area contributed by atoms with Crippen LogP contribution in [0.5, 0.6) is 11.6 Å². The number of carbonyl (C=O) groups is 1. The molecule has 3 rings (SSSR count). The first-order valence-electron chi connectivity index (χ1n) is 8.96. The van der Waals surface area contributed by atoms with Gasteiger partial charge in [-0.15, -0.1) is 0 Å². The van der Waals surface area contributed by atoms with Gasteiger partial charge in [0.25, 0.3) is 5.56 Å². The lowest BCUT2D eigenvalue weighted by Gasteiger charge is -2.13. The van der Waals surface area contributed by atoms with E-state index in [9.17, 15) is 18.4 Å². The molecule has 1 N–H and O–H groups in total. The predicted octanol–water partition coefficient (Wildman–Crippen LogP) is 3.60. The van der Waals surface area contributed by atoms with Gasteiger partial charge in [-0.1, -0.05) is 13.5 Å². The molecule has 0 saturated carbocycles. The van der Waals surface area contributed by atoms with Crippen LogP contribution >= 0.6 is 0 Å². The number of rotatable bonds is 6.